The van der Waals surface area contributed by atoms with Gasteiger partial charge in [-0.05, 0) is 31.5 Å². The van der Waals surface area contributed by atoms with E-state index in [1.165, 1.54) is 12.3 Å². The number of benzene rings is 2. The lowest BCUT2D eigenvalue weighted by atomic mass is 10.0. The van der Waals surface area contributed by atoms with Crippen LogP contribution in [0.1, 0.15) is 29.9 Å². The summed E-state index contributed by atoms with van der Waals surface area (Å²) in [7, 11) is 1.85. The summed E-state index contributed by atoms with van der Waals surface area (Å²) >= 11 is 0. The van der Waals surface area contributed by atoms with Crippen LogP contribution in [0.5, 0.6) is 0 Å². The Morgan fingerprint density at radius 2 is 1.88 bits per heavy atom. The fourth-order valence-corrected chi connectivity index (χ4v) is 3.78. The number of halogens is 1. The lowest BCUT2D eigenvalue weighted by molar-refractivity contribution is 0.136. The molecule has 1 atom stereocenters. The maximum absolute atomic E-state index is 13.9. The van der Waals surface area contributed by atoms with Crippen molar-refractivity contribution in [2.75, 3.05) is 0 Å². The number of ether oxygens (including phenoxy) is 1. The van der Waals surface area contributed by atoms with Crippen LogP contribution in [-0.4, -0.2) is 20.6 Å². The predicted molar refractivity (Wildman–Crippen MR) is 125 cm³/mol. The van der Waals surface area contributed by atoms with Crippen LogP contribution in [0.2, 0.25) is 0 Å². The van der Waals surface area contributed by atoms with E-state index >= 15 is 0 Å². The number of aromatic nitrogens is 3. The topological polar surface area (TPSA) is 69.0 Å². The van der Waals surface area contributed by atoms with E-state index in [4.69, 9.17) is 9.72 Å². The molecule has 6 nitrogen and oxygen atoms in total. The molecule has 168 valence electrons. The van der Waals surface area contributed by atoms with Crippen LogP contribution in [0.25, 0.3) is 22.5 Å². The van der Waals surface area contributed by atoms with E-state index in [0.717, 1.165) is 22.4 Å². The minimum absolute atomic E-state index is 0.177. The highest BCUT2D eigenvalue weighted by Crippen LogP contribution is 2.34. The van der Waals surface area contributed by atoms with Crippen LogP contribution in [0, 0.1) is 12.9 Å². The maximum Gasteiger partial charge on any atom is 0.408 e. The van der Waals surface area contributed by atoms with Gasteiger partial charge in [-0.3, -0.25) is 0 Å². The van der Waals surface area contributed by atoms with Crippen molar-refractivity contribution in [3.8, 4) is 22.5 Å². The number of imidazole rings is 1. The van der Waals surface area contributed by atoms with Gasteiger partial charge in [-0.2, -0.15) is 4.39 Å². The van der Waals surface area contributed by atoms with Crippen LogP contribution < -0.4 is 5.32 Å². The zero-order chi connectivity index (χ0) is 23.4. The molecule has 4 rings (SSSR count). The van der Waals surface area contributed by atoms with Crippen molar-refractivity contribution in [1.29, 1.82) is 0 Å². The molecule has 7 heteroatoms. The van der Waals surface area contributed by atoms with E-state index < -0.39 is 18.1 Å². The van der Waals surface area contributed by atoms with E-state index in [1.54, 1.807) is 6.07 Å². The fourth-order valence-electron chi connectivity index (χ4n) is 3.78. The van der Waals surface area contributed by atoms with Crippen molar-refractivity contribution in [3.63, 3.8) is 0 Å². The van der Waals surface area contributed by atoms with Gasteiger partial charge in [-0.1, -0.05) is 54.1 Å². The molecule has 0 aliphatic heterocycles. The molecule has 1 N–H and O–H groups in total. The molecule has 0 saturated heterocycles. The second-order valence-corrected chi connectivity index (χ2v) is 7.89. The van der Waals surface area contributed by atoms with Gasteiger partial charge in [0, 0.05) is 30.4 Å². The number of nitrogens with zero attached hydrogens (tertiary/aromatic N) is 3. The Labute approximate surface area is 192 Å². The Balaban J connectivity index is 1.64. The Kier molecular flexibility index (Phi) is 6.49. The third kappa shape index (κ3) is 5.09. The van der Waals surface area contributed by atoms with Gasteiger partial charge in [-0.25, -0.2) is 14.8 Å². The number of alkyl carbamates (subject to hydrolysis) is 1. The third-order valence-corrected chi connectivity index (χ3v) is 5.36. The molecule has 0 fully saturated rings. The Morgan fingerprint density at radius 3 is 2.61 bits per heavy atom. The van der Waals surface area contributed by atoms with Crippen molar-refractivity contribution in [1.82, 2.24) is 19.9 Å². The zero-order valence-corrected chi connectivity index (χ0v) is 18.7. The molecule has 0 saturated carbocycles. The van der Waals surface area contributed by atoms with Crippen LogP contribution in [-0.2, 0) is 18.4 Å². The van der Waals surface area contributed by atoms with E-state index in [1.807, 2.05) is 80.1 Å². The highest BCUT2D eigenvalue weighted by atomic mass is 19.1. The molecular weight excluding hydrogens is 419 g/mol. The summed E-state index contributed by atoms with van der Waals surface area (Å²) in [6, 6.07) is 20.1. The van der Waals surface area contributed by atoms with Crippen LogP contribution in [0.3, 0.4) is 0 Å². The molecule has 0 spiro atoms. The number of carbonyl (C=O) groups is 1. The number of hydrogen-bond donors (Lipinski definition) is 1. The first-order chi connectivity index (χ1) is 15.9. The van der Waals surface area contributed by atoms with Crippen LogP contribution in [0.15, 0.2) is 72.9 Å². The summed E-state index contributed by atoms with van der Waals surface area (Å²) in [5.74, 6) is 0.0523. The van der Waals surface area contributed by atoms with Gasteiger partial charge in [-0.15, -0.1) is 0 Å². The number of hydrogen-bond acceptors (Lipinski definition) is 4. The average Bonchev–Trinajstić information content (AvgIpc) is 3.15. The van der Waals surface area contributed by atoms with Gasteiger partial charge < -0.3 is 14.6 Å². The predicted octanol–water partition coefficient (Wildman–Crippen LogP) is 5.58. The van der Waals surface area contributed by atoms with Gasteiger partial charge in [0.25, 0.3) is 0 Å². The first-order valence-corrected chi connectivity index (χ1v) is 10.6. The van der Waals surface area contributed by atoms with Gasteiger partial charge in [0.05, 0.1) is 17.4 Å². The quantitative estimate of drug-likeness (QED) is 0.394. The largest absolute Gasteiger partial charge is 0.445 e. The van der Waals surface area contributed by atoms with Crippen molar-refractivity contribution in [3.05, 3.63) is 95.8 Å². The van der Waals surface area contributed by atoms with Gasteiger partial charge >= 0.3 is 6.09 Å². The molecule has 0 aliphatic carbocycles. The summed E-state index contributed by atoms with van der Waals surface area (Å²) in [4.78, 5) is 20.9. The molecule has 2 aromatic carbocycles. The van der Waals surface area contributed by atoms with Gasteiger partial charge in [0.1, 0.15) is 12.4 Å². The molecule has 0 aliphatic rings. The number of pyridine rings is 1. The lowest BCUT2D eigenvalue weighted by Gasteiger charge is -2.15. The molecular formula is C26H25FN4O2. The van der Waals surface area contributed by atoms with E-state index in [0.29, 0.717) is 17.1 Å². The Hall–Kier alpha value is -4.00. The number of carbonyl (C=O) groups excluding carboxylic acids is 1. The molecule has 2 aromatic heterocycles. The summed E-state index contributed by atoms with van der Waals surface area (Å²) in [5, 5.41) is 2.84. The minimum atomic E-state index is -0.568. The lowest BCUT2D eigenvalue weighted by Crippen LogP contribution is -2.29. The first kappa shape index (κ1) is 22.2. The summed E-state index contributed by atoms with van der Waals surface area (Å²) in [5.41, 5.74) is 4.99. The van der Waals surface area contributed by atoms with Crippen LogP contribution >= 0.6 is 0 Å². The normalized spacial score (nSPS) is 11.8. The molecule has 0 unspecified atom stereocenters. The van der Waals surface area contributed by atoms with Crippen molar-refractivity contribution >= 4 is 6.09 Å². The van der Waals surface area contributed by atoms with Crippen molar-refractivity contribution in [2.45, 2.75) is 26.5 Å². The number of nitrogens with one attached hydrogen (secondary N) is 1. The average molecular weight is 445 g/mol. The molecule has 2 heterocycles. The summed E-state index contributed by atoms with van der Waals surface area (Å²) < 4.78 is 21.2. The monoisotopic (exact) mass is 444 g/mol. The van der Waals surface area contributed by atoms with E-state index in [-0.39, 0.29) is 6.61 Å². The van der Waals surface area contributed by atoms with Crippen molar-refractivity contribution in [2.24, 2.45) is 7.05 Å². The smallest absolute Gasteiger partial charge is 0.408 e. The van der Waals surface area contributed by atoms with Gasteiger partial charge in [0.2, 0.25) is 5.95 Å². The molecule has 0 radical (unpaired) electrons. The minimum Gasteiger partial charge on any atom is -0.445 e. The molecule has 0 bridgehead atoms. The number of rotatable bonds is 6. The zero-order valence-electron chi connectivity index (χ0n) is 18.7. The highest BCUT2D eigenvalue weighted by Gasteiger charge is 2.23. The maximum atomic E-state index is 13.9. The molecule has 4 aromatic rings. The summed E-state index contributed by atoms with van der Waals surface area (Å²) in [6.07, 6.45) is 0.892. The Morgan fingerprint density at radius 1 is 1.09 bits per heavy atom. The van der Waals surface area contributed by atoms with E-state index in [9.17, 15) is 9.18 Å². The molecule has 33 heavy (non-hydrogen) atoms. The number of aryl methyl sites for hydroxylation is 1. The first-order valence-electron chi connectivity index (χ1n) is 10.6. The standard InChI is InChI=1S/C26H25FN4O2/c1-17-8-7-11-20(14-17)23-24(21-12-13-28-22(27)15-21)31(3)25(30-23)18(2)29-26(32)33-16-19-9-5-4-6-10-19/h4-15,18H,16H2,1-3H3,(H,29,32)/t18-/m0/s1. The van der Waals surface area contributed by atoms with Gasteiger partial charge in [0.15, 0.2) is 0 Å². The second kappa shape index (κ2) is 9.65. The number of amides is 1. The Bertz CT molecular complexity index is 1270. The summed E-state index contributed by atoms with van der Waals surface area (Å²) in [6.45, 7) is 4.02. The second-order valence-electron chi connectivity index (χ2n) is 7.89. The fraction of sp³-hybridized carbons (Fsp3) is 0.192. The highest BCUT2D eigenvalue weighted by molar-refractivity contribution is 5.79. The van der Waals surface area contributed by atoms with Crippen molar-refractivity contribution < 1.29 is 13.9 Å². The SMILES string of the molecule is Cc1cccc(-c2nc([C@H](C)NC(=O)OCc3ccccc3)n(C)c2-c2ccnc(F)c2)c1. The van der Waals surface area contributed by atoms with Crippen LogP contribution in [0.4, 0.5) is 9.18 Å². The van der Waals surface area contributed by atoms with E-state index in [2.05, 4.69) is 10.3 Å². The third-order valence-electron chi connectivity index (χ3n) is 5.36. The molecule has 1 amide bonds.